The van der Waals surface area contributed by atoms with Gasteiger partial charge in [-0.1, -0.05) is 79.7 Å². The van der Waals surface area contributed by atoms with Crippen LogP contribution in [0.1, 0.15) is 81.1 Å². The van der Waals surface area contributed by atoms with Crippen LogP contribution in [-0.2, 0) is 37.0 Å². The third kappa shape index (κ3) is 8.77. The molecule has 6 rings (SSSR count). The Morgan fingerprint density at radius 3 is 2.35 bits per heavy atom. The molecule has 49 heavy (non-hydrogen) atoms. The van der Waals surface area contributed by atoms with Crippen LogP contribution < -0.4 is 5.32 Å². The van der Waals surface area contributed by atoms with Crippen molar-refractivity contribution in [3.05, 3.63) is 95.1 Å². The number of aliphatic hydroxyl groups excluding tert-OH is 1. The molecule has 6 unspecified atom stereocenters. The van der Waals surface area contributed by atoms with E-state index >= 15 is 0 Å². The molecule has 0 saturated carbocycles. The highest BCUT2D eigenvalue weighted by atomic mass is 16.7. The molecule has 3 heterocycles. The van der Waals surface area contributed by atoms with Crippen LogP contribution >= 0.6 is 0 Å². The average molecular weight is 670 g/mol. The normalized spacial score (nSPS) is 25.3. The standard InChI is InChI=1S/C40H51N3O6/c1-27-37(25-43-22-8-10-35(43)24-42-20-6-7-21-42)48-40(49-38(27)32-14-12-30(26-44)13-15-32)33-18-16-31(17-19-33)36-11-5-4-9-34(36)23-41-39(46)28(2)47-29(3)45/h4-5,9,11-19,27-28,35,37-38,40,44H,6-8,10,20-26H2,1-3H3,(H,41,46). The molecule has 0 spiro atoms. The van der Waals surface area contributed by atoms with Crippen molar-refractivity contribution in [3.8, 4) is 11.1 Å². The molecule has 3 aliphatic rings. The first-order valence-corrected chi connectivity index (χ1v) is 17.9. The Balaban J connectivity index is 1.19. The minimum absolute atomic E-state index is 0.0122. The summed E-state index contributed by atoms with van der Waals surface area (Å²) in [6.45, 7) is 11.0. The molecule has 9 heteroatoms. The predicted octanol–water partition coefficient (Wildman–Crippen LogP) is 5.77. The lowest BCUT2D eigenvalue weighted by atomic mass is 9.89. The van der Waals surface area contributed by atoms with E-state index in [1.54, 1.807) is 6.92 Å². The molecular weight excluding hydrogens is 618 g/mol. The largest absolute Gasteiger partial charge is 0.453 e. The monoisotopic (exact) mass is 669 g/mol. The number of ether oxygens (including phenoxy) is 3. The van der Waals surface area contributed by atoms with Gasteiger partial charge in [0.1, 0.15) is 0 Å². The fourth-order valence-corrected chi connectivity index (χ4v) is 7.57. The number of hydrogen-bond acceptors (Lipinski definition) is 8. The molecular formula is C40H51N3O6. The molecule has 3 aromatic carbocycles. The minimum atomic E-state index is -0.858. The number of benzene rings is 3. The number of aliphatic hydroxyl groups is 1. The van der Waals surface area contributed by atoms with Gasteiger partial charge in [-0.25, -0.2) is 0 Å². The van der Waals surface area contributed by atoms with E-state index in [2.05, 4.69) is 58.4 Å². The Bertz CT molecular complexity index is 1540. The van der Waals surface area contributed by atoms with E-state index in [0.29, 0.717) is 12.6 Å². The Kier molecular flexibility index (Phi) is 11.8. The Morgan fingerprint density at radius 1 is 0.918 bits per heavy atom. The van der Waals surface area contributed by atoms with Crippen LogP contribution in [0.4, 0.5) is 0 Å². The zero-order valence-electron chi connectivity index (χ0n) is 29.1. The number of rotatable bonds is 12. The van der Waals surface area contributed by atoms with E-state index in [1.807, 2.05) is 36.4 Å². The van der Waals surface area contributed by atoms with Crippen molar-refractivity contribution in [2.24, 2.45) is 5.92 Å². The van der Waals surface area contributed by atoms with E-state index < -0.39 is 18.4 Å². The van der Waals surface area contributed by atoms with Crippen LogP contribution in [0.2, 0.25) is 0 Å². The molecule has 0 aliphatic carbocycles. The molecule has 262 valence electrons. The first kappa shape index (κ1) is 35.2. The summed E-state index contributed by atoms with van der Waals surface area (Å²) in [5.74, 6) is -0.694. The molecule has 2 N–H and O–H groups in total. The summed E-state index contributed by atoms with van der Waals surface area (Å²) >= 11 is 0. The lowest BCUT2D eigenvalue weighted by molar-refractivity contribution is -0.276. The van der Waals surface area contributed by atoms with E-state index in [1.165, 1.54) is 45.7 Å². The number of carbonyl (C=O) groups is 2. The number of nitrogens with one attached hydrogen (secondary N) is 1. The van der Waals surface area contributed by atoms with Gasteiger partial charge >= 0.3 is 5.97 Å². The highest BCUT2D eigenvalue weighted by molar-refractivity contribution is 5.83. The van der Waals surface area contributed by atoms with Gasteiger partial charge in [-0.2, -0.15) is 0 Å². The van der Waals surface area contributed by atoms with Gasteiger partial charge in [-0.15, -0.1) is 0 Å². The highest BCUT2D eigenvalue weighted by Crippen LogP contribution is 2.42. The molecule has 3 saturated heterocycles. The van der Waals surface area contributed by atoms with Gasteiger partial charge in [0.25, 0.3) is 5.91 Å². The van der Waals surface area contributed by atoms with E-state index in [-0.39, 0.29) is 30.6 Å². The summed E-state index contributed by atoms with van der Waals surface area (Å²) in [5, 5.41) is 12.5. The number of amides is 1. The zero-order valence-corrected chi connectivity index (χ0v) is 29.1. The molecule has 0 aromatic heterocycles. The quantitative estimate of drug-likeness (QED) is 0.235. The van der Waals surface area contributed by atoms with Crippen LogP contribution in [0.25, 0.3) is 11.1 Å². The minimum Gasteiger partial charge on any atom is -0.453 e. The number of carbonyl (C=O) groups excluding carboxylic acids is 2. The molecule has 3 aliphatic heterocycles. The SMILES string of the molecule is CC(=O)OC(C)C(=O)NCc1ccccc1-c1ccc(C2OC(CN3CCCC3CN3CCCC3)C(C)C(c3ccc(CO)cc3)O2)cc1. The van der Waals surface area contributed by atoms with Crippen LogP contribution in [0.3, 0.4) is 0 Å². The topological polar surface area (TPSA) is 101 Å². The lowest BCUT2D eigenvalue weighted by Gasteiger charge is -2.43. The van der Waals surface area contributed by atoms with Crippen molar-refractivity contribution in [2.75, 3.05) is 32.7 Å². The molecule has 3 aromatic rings. The highest BCUT2D eigenvalue weighted by Gasteiger charge is 2.41. The van der Waals surface area contributed by atoms with E-state index in [4.69, 9.17) is 14.2 Å². The van der Waals surface area contributed by atoms with Crippen molar-refractivity contribution in [1.82, 2.24) is 15.1 Å². The molecule has 0 radical (unpaired) electrons. The fourth-order valence-electron chi connectivity index (χ4n) is 7.57. The first-order chi connectivity index (χ1) is 23.8. The van der Waals surface area contributed by atoms with Crippen molar-refractivity contribution in [2.45, 2.75) is 90.2 Å². The zero-order chi connectivity index (χ0) is 34.3. The van der Waals surface area contributed by atoms with Crippen LogP contribution in [0, 0.1) is 5.92 Å². The first-order valence-electron chi connectivity index (χ1n) is 17.9. The van der Waals surface area contributed by atoms with Crippen molar-refractivity contribution >= 4 is 11.9 Å². The van der Waals surface area contributed by atoms with Gasteiger partial charge in [0, 0.05) is 44.1 Å². The second-order valence-electron chi connectivity index (χ2n) is 13.9. The van der Waals surface area contributed by atoms with Gasteiger partial charge in [0.2, 0.25) is 0 Å². The van der Waals surface area contributed by atoms with Gasteiger partial charge in [0.15, 0.2) is 12.4 Å². The van der Waals surface area contributed by atoms with E-state index in [0.717, 1.165) is 53.0 Å². The summed E-state index contributed by atoms with van der Waals surface area (Å²) in [6, 6.07) is 24.9. The second-order valence-corrected chi connectivity index (χ2v) is 13.9. The molecule has 9 nitrogen and oxygen atoms in total. The molecule has 6 atom stereocenters. The van der Waals surface area contributed by atoms with Crippen LogP contribution in [-0.4, -0.2) is 77.8 Å². The summed E-state index contributed by atoms with van der Waals surface area (Å²) in [5.41, 5.74) is 5.90. The van der Waals surface area contributed by atoms with Gasteiger partial charge in [-0.05, 0) is 80.1 Å². The number of hydrogen-bond donors (Lipinski definition) is 2. The maximum absolute atomic E-state index is 12.5. The lowest BCUT2D eigenvalue weighted by Crippen LogP contribution is -2.48. The summed E-state index contributed by atoms with van der Waals surface area (Å²) in [7, 11) is 0. The van der Waals surface area contributed by atoms with Crippen LogP contribution in [0.5, 0.6) is 0 Å². The Hall–Kier alpha value is -3.60. The smallest absolute Gasteiger partial charge is 0.303 e. The van der Waals surface area contributed by atoms with Crippen molar-refractivity contribution in [1.29, 1.82) is 0 Å². The molecule has 1 amide bonds. The maximum atomic E-state index is 12.5. The molecule has 0 bridgehead atoms. The second kappa shape index (κ2) is 16.4. The number of esters is 1. The fraction of sp³-hybridized carbons (Fsp3) is 0.500. The predicted molar refractivity (Wildman–Crippen MR) is 188 cm³/mol. The van der Waals surface area contributed by atoms with Gasteiger partial charge in [-0.3, -0.25) is 14.5 Å². The number of likely N-dealkylation sites (tertiary alicyclic amines) is 2. The Morgan fingerprint density at radius 2 is 1.63 bits per heavy atom. The number of nitrogens with zero attached hydrogens (tertiary/aromatic N) is 2. The van der Waals surface area contributed by atoms with Gasteiger partial charge < -0.3 is 29.5 Å². The molecule has 3 fully saturated rings. The third-order valence-corrected chi connectivity index (χ3v) is 10.4. The van der Waals surface area contributed by atoms with Crippen molar-refractivity contribution in [3.63, 3.8) is 0 Å². The Labute approximate surface area is 290 Å². The van der Waals surface area contributed by atoms with Crippen molar-refractivity contribution < 1.29 is 28.9 Å². The summed E-state index contributed by atoms with van der Waals surface area (Å²) in [6.07, 6.45) is 3.52. The maximum Gasteiger partial charge on any atom is 0.303 e. The summed E-state index contributed by atoms with van der Waals surface area (Å²) < 4.78 is 18.6. The summed E-state index contributed by atoms with van der Waals surface area (Å²) in [4.78, 5) is 29.1. The van der Waals surface area contributed by atoms with Gasteiger partial charge in [0.05, 0.1) is 18.8 Å². The third-order valence-electron chi connectivity index (χ3n) is 10.4. The average Bonchev–Trinajstić information content (AvgIpc) is 3.80. The van der Waals surface area contributed by atoms with Crippen LogP contribution in [0.15, 0.2) is 72.8 Å². The van der Waals surface area contributed by atoms with E-state index in [9.17, 15) is 14.7 Å².